The molecule has 0 saturated carbocycles. The molecule has 4 aromatic rings. The Kier molecular flexibility index (Phi) is 7.57. The molecule has 2 N–H and O–H groups in total. The maximum Gasteiger partial charge on any atom is 0.243 e. The van der Waals surface area contributed by atoms with Crippen LogP contribution in [0.3, 0.4) is 0 Å². The normalized spacial score (nSPS) is 13.3. The van der Waals surface area contributed by atoms with Crippen molar-refractivity contribution >= 4 is 31.9 Å². The van der Waals surface area contributed by atoms with E-state index in [0.717, 1.165) is 6.07 Å². The molecule has 0 amide bonds. The Hall–Kier alpha value is -3.42. The molecular weight excluding hydrogens is 571 g/mol. The number of furan rings is 1. The average Bonchev–Trinajstić information content (AvgIpc) is 3.47. The molecule has 0 saturated heterocycles. The van der Waals surface area contributed by atoms with E-state index >= 15 is 0 Å². The number of nitrogens with zero attached hydrogens (tertiary/aromatic N) is 3. The number of aliphatic hydroxyl groups is 1. The van der Waals surface area contributed by atoms with Crippen molar-refractivity contribution in [2.45, 2.75) is 25.2 Å². The number of methoxy groups -OCH3 is 2. The summed E-state index contributed by atoms with van der Waals surface area (Å²) in [6.07, 6.45) is -1.67. The van der Waals surface area contributed by atoms with Gasteiger partial charge in [-0.3, -0.25) is 9.29 Å². The maximum absolute atomic E-state index is 14.5. The first-order chi connectivity index (χ1) is 17.6. The topological polar surface area (TPSA) is 129 Å². The third-order valence-electron chi connectivity index (χ3n) is 5.70. The summed E-state index contributed by atoms with van der Waals surface area (Å²) in [6.45, 7) is 3.01. The first-order valence-electron chi connectivity index (χ1n) is 11.0. The van der Waals surface area contributed by atoms with Crippen LogP contribution in [0, 0.1) is 12.7 Å². The smallest absolute Gasteiger partial charge is 0.243 e. The van der Waals surface area contributed by atoms with E-state index in [4.69, 9.17) is 13.9 Å². The third-order valence-corrected chi connectivity index (χ3v) is 7.90. The maximum atomic E-state index is 14.5. The van der Waals surface area contributed by atoms with Crippen LogP contribution in [0.2, 0.25) is 0 Å². The van der Waals surface area contributed by atoms with Gasteiger partial charge in [0, 0.05) is 10.0 Å². The molecule has 0 aliphatic rings. The number of rotatable bonds is 9. The number of aliphatic hydroxyl groups excluding tert-OH is 1. The zero-order valence-corrected chi connectivity index (χ0v) is 22.7. The lowest BCUT2D eigenvalue weighted by atomic mass is 10.1. The largest absolute Gasteiger partial charge is 0.494 e. The van der Waals surface area contributed by atoms with Gasteiger partial charge in [-0.1, -0.05) is 28.1 Å². The Balaban J connectivity index is 1.82. The number of anilines is 1. The van der Waals surface area contributed by atoms with Gasteiger partial charge in [0.1, 0.15) is 40.1 Å². The molecule has 0 fully saturated rings. The van der Waals surface area contributed by atoms with Crippen LogP contribution in [0.4, 0.5) is 10.3 Å². The number of hydrogen-bond acceptors (Lipinski definition) is 8. The van der Waals surface area contributed by atoms with E-state index in [1.807, 2.05) is 0 Å². The number of sulfonamides is 1. The SMILES string of the molecule is COc1cccc(OC)c1-n1c(NS(=O)(=O)[C@@H](C)[C@@H](O)c2ccc(Br)cc2F)nnc1-c1ccc(C)o1. The Morgan fingerprint density at radius 1 is 1.11 bits per heavy atom. The van der Waals surface area contributed by atoms with Gasteiger partial charge in [0.2, 0.25) is 21.8 Å². The van der Waals surface area contributed by atoms with Crippen molar-refractivity contribution in [3.8, 4) is 28.8 Å². The molecule has 0 aliphatic heterocycles. The summed E-state index contributed by atoms with van der Waals surface area (Å²) in [4.78, 5) is 0. The molecule has 10 nitrogen and oxygen atoms in total. The second kappa shape index (κ2) is 10.5. The van der Waals surface area contributed by atoms with Crippen molar-refractivity contribution < 1.29 is 31.8 Å². The quantitative estimate of drug-likeness (QED) is 0.287. The molecule has 0 bridgehead atoms. The van der Waals surface area contributed by atoms with Crippen LogP contribution in [0.1, 0.15) is 24.4 Å². The van der Waals surface area contributed by atoms with Crippen molar-refractivity contribution in [3.05, 3.63) is 70.1 Å². The van der Waals surface area contributed by atoms with Gasteiger partial charge in [0.15, 0.2) is 5.76 Å². The van der Waals surface area contributed by atoms with Gasteiger partial charge >= 0.3 is 0 Å². The molecule has 2 atom stereocenters. The summed E-state index contributed by atoms with van der Waals surface area (Å²) in [5.41, 5.74) is 0.145. The van der Waals surface area contributed by atoms with Crippen LogP contribution in [0.5, 0.6) is 11.5 Å². The molecular formula is C24H24BrFN4O6S. The second-order valence-electron chi connectivity index (χ2n) is 8.07. The van der Waals surface area contributed by atoms with E-state index in [-0.39, 0.29) is 17.3 Å². The number of aromatic nitrogens is 3. The molecule has 13 heteroatoms. The zero-order chi connectivity index (χ0) is 26.9. The number of ether oxygens (including phenoxy) is 2. The number of halogens is 2. The molecule has 2 aromatic heterocycles. The highest BCUT2D eigenvalue weighted by atomic mass is 79.9. The highest BCUT2D eigenvalue weighted by Crippen LogP contribution is 2.38. The first-order valence-corrected chi connectivity index (χ1v) is 13.3. The third kappa shape index (κ3) is 5.20. The van der Waals surface area contributed by atoms with Crippen LogP contribution < -0.4 is 14.2 Å². The van der Waals surface area contributed by atoms with Crippen LogP contribution in [-0.2, 0) is 10.0 Å². The zero-order valence-electron chi connectivity index (χ0n) is 20.3. The summed E-state index contributed by atoms with van der Waals surface area (Å²) in [7, 11) is -1.43. The van der Waals surface area contributed by atoms with Gasteiger partial charge in [0.05, 0.1) is 14.2 Å². The van der Waals surface area contributed by atoms with Crippen molar-refractivity contribution in [3.63, 3.8) is 0 Å². The van der Waals surface area contributed by atoms with E-state index in [2.05, 4.69) is 30.8 Å². The van der Waals surface area contributed by atoms with Gasteiger partial charge < -0.3 is 19.0 Å². The highest BCUT2D eigenvalue weighted by molar-refractivity contribution is 9.10. The molecule has 0 unspecified atom stereocenters. The Labute approximate surface area is 221 Å². The fourth-order valence-corrected chi connectivity index (χ4v) is 5.10. The van der Waals surface area contributed by atoms with Crippen molar-refractivity contribution in [2.24, 2.45) is 0 Å². The first kappa shape index (κ1) is 26.6. The average molecular weight is 595 g/mol. The molecule has 0 radical (unpaired) electrons. The minimum absolute atomic E-state index is 0.166. The van der Waals surface area contributed by atoms with Crippen molar-refractivity contribution in [2.75, 3.05) is 18.9 Å². The van der Waals surface area contributed by atoms with E-state index < -0.39 is 27.2 Å². The summed E-state index contributed by atoms with van der Waals surface area (Å²) in [6, 6.07) is 12.4. The van der Waals surface area contributed by atoms with E-state index in [1.165, 1.54) is 37.8 Å². The fraction of sp³-hybridized carbons (Fsp3) is 0.250. The van der Waals surface area contributed by atoms with Gasteiger partial charge in [-0.15, -0.1) is 10.2 Å². The lowest BCUT2D eigenvalue weighted by Crippen LogP contribution is -2.32. The Bertz CT molecular complexity index is 1520. The standard InChI is InChI=1S/C24H24BrFN4O6S/c1-13-8-11-20(36-13)23-27-28-24(30(23)21-18(34-3)6-5-7-19(21)35-4)29-37(32,33)14(2)22(31)16-10-9-15(25)12-17(16)26/h5-12,14,22,31H,1-4H3,(H,28,29)/t14-,22+/m0/s1. The lowest BCUT2D eigenvalue weighted by Gasteiger charge is -2.22. The minimum Gasteiger partial charge on any atom is -0.494 e. The van der Waals surface area contributed by atoms with Crippen LogP contribution in [0.15, 0.2) is 57.4 Å². The van der Waals surface area contributed by atoms with Gasteiger partial charge in [0.25, 0.3) is 0 Å². The Morgan fingerprint density at radius 3 is 2.35 bits per heavy atom. The summed E-state index contributed by atoms with van der Waals surface area (Å²) >= 11 is 3.14. The van der Waals surface area contributed by atoms with E-state index in [9.17, 15) is 17.9 Å². The van der Waals surface area contributed by atoms with Crippen molar-refractivity contribution in [1.82, 2.24) is 14.8 Å². The molecule has 0 aliphatic carbocycles. The lowest BCUT2D eigenvalue weighted by molar-refractivity contribution is 0.171. The molecule has 37 heavy (non-hydrogen) atoms. The van der Waals surface area contributed by atoms with Gasteiger partial charge in [-0.2, -0.15) is 0 Å². The minimum atomic E-state index is -4.33. The highest BCUT2D eigenvalue weighted by Gasteiger charge is 2.34. The predicted octanol–water partition coefficient (Wildman–Crippen LogP) is 4.62. The fourth-order valence-electron chi connectivity index (χ4n) is 3.71. The Morgan fingerprint density at radius 2 is 1.78 bits per heavy atom. The molecule has 196 valence electrons. The monoisotopic (exact) mass is 594 g/mol. The van der Waals surface area contributed by atoms with E-state index in [1.54, 1.807) is 37.3 Å². The van der Waals surface area contributed by atoms with Gasteiger partial charge in [-0.05, 0) is 50.2 Å². The number of nitrogens with one attached hydrogen (secondary N) is 1. The number of aryl methyl sites for hydroxylation is 1. The van der Waals surface area contributed by atoms with Crippen LogP contribution in [0.25, 0.3) is 17.3 Å². The van der Waals surface area contributed by atoms with Gasteiger partial charge in [-0.25, -0.2) is 12.8 Å². The second-order valence-corrected chi connectivity index (χ2v) is 11.0. The summed E-state index contributed by atoms with van der Waals surface area (Å²) in [5, 5.41) is 17.5. The molecule has 2 aromatic carbocycles. The predicted molar refractivity (Wildman–Crippen MR) is 138 cm³/mol. The van der Waals surface area contributed by atoms with E-state index in [0.29, 0.717) is 33.2 Å². The number of hydrogen-bond donors (Lipinski definition) is 2. The molecule has 2 heterocycles. The number of para-hydroxylation sites is 1. The summed E-state index contributed by atoms with van der Waals surface area (Å²) < 4.78 is 62.1. The summed E-state index contributed by atoms with van der Waals surface area (Å²) in [5.74, 6) is 0.799. The number of benzene rings is 2. The molecule has 0 spiro atoms. The van der Waals surface area contributed by atoms with Crippen LogP contribution in [-0.4, -0.2) is 47.8 Å². The van der Waals surface area contributed by atoms with Crippen molar-refractivity contribution in [1.29, 1.82) is 0 Å². The van der Waals surface area contributed by atoms with Crippen LogP contribution >= 0.6 is 15.9 Å². The molecule has 4 rings (SSSR count).